The van der Waals surface area contributed by atoms with Gasteiger partial charge in [-0.25, -0.2) is 4.79 Å². The van der Waals surface area contributed by atoms with E-state index in [-0.39, 0.29) is 46.4 Å². The molecule has 4 aromatic rings. The van der Waals surface area contributed by atoms with Crippen molar-refractivity contribution in [3.8, 4) is 23.0 Å². The van der Waals surface area contributed by atoms with Crippen LogP contribution in [-0.4, -0.2) is 31.1 Å². The third-order valence-corrected chi connectivity index (χ3v) is 7.38. The molecule has 0 spiro atoms. The zero-order valence-electron chi connectivity index (χ0n) is 28.1. The molecule has 0 aliphatic carbocycles. The summed E-state index contributed by atoms with van der Waals surface area (Å²) in [5.74, 6) is -2.13. The Morgan fingerprint density at radius 3 is 2.10 bits per heavy atom. The smallest absolute Gasteiger partial charge is 0.453 e. The average molecular weight is 666 g/mol. The third-order valence-electron chi connectivity index (χ3n) is 7.38. The molecule has 1 heterocycles. The van der Waals surface area contributed by atoms with E-state index >= 15 is 0 Å². The van der Waals surface area contributed by atoms with Gasteiger partial charge in [-0.15, -0.1) is 0 Å². The quantitative estimate of drug-likeness (QED) is 0.0755. The van der Waals surface area contributed by atoms with Crippen molar-refractivity contribution in [1.29, 1.82) is 0 Å². The number of halogens is 3. The number of aryl methyl sites for hydroxylation is 1. The van der Waals surface area contributed by atoms with Crippen LogP contribution in [0.25, 0.3) is 17.0 Å². The van der Waals surface area contributed by atoms with Crippen LogP contribution in [0.1, 0.15) is 63.5 Å². The zero-order chi connectivity index (χ0) is 35.0. The molecule has 0 aliphatic rings. The first kappa shape index (κ1) is 36.3. The number of rotatable bonds is 14. The van der Waals surface area contributed by atoms with Gasteiger partial charge in [0.05, 0.1) is 18.1 Å². The summed E-state index contributed by atoms with van der Waals surface area (Å²) >= 11 is 0. The highest BCUT2D eigenvalue weighted by atomic mass is 19.4. The molecule has 0 fully saturated rings. The molecule has 0 radical (unpaired) electrons. The molecule has 48 heavy (non-hydrogen) atoms. The van der Waals surface area contributed by atoms with Gasteiger partial charge in [0.2, 0.25) is 11.2 Å². The summed E-state index contributed by atoms with van der Waals surface area (Å²) in [7, 11) is 1.55. The highest BCUT2D eigenvalue weighted by Crippen LogP contribution is 2.40. The first-order valence-electron chi connectivity index (χ1n) is 16.0. The largest absolute Gasteiger partial charge is 0.497 e. The molecule has 0 unspecified atom stereocenters. The number of hydrogen-bond donors (Lipinski definition) is 0. The van der Waals surface area contributed by atoms with Gasteiger partial charge >= 0.3 is 12.1 Å². The van der Waals surface area contributed by atoms with E-state index in [4.69, 9.17) is 18.6 Å². The minimum absolute atomic E-state index is 0.0131. The zero-order valence-corrected chi connectivity index (χ0v) is 28.1. The number of benzene rings is 3. The lowest BCUT2D eigenvalue weighted by Crippen LogP contribution is -2.31. The number of nitrogens with zero attached hydrogens (tertiary/aromatic N) is 1. The molecule has 3 aromatic carbocycles. The van der Waals surface area contributed by atoms with Crippen LogP contribution in [0.3, 0.4) is 0 Å². The Hall–Kier alpha value is -4.57. The van der Waals surface area contributed by atoms with E-state index in [0.717, 1.165) is 18.4 Å². The highest BCUT2D eigenvalue weighted by molar-refractivity contribution is 5.90. The summed E-state index contributed by atoms with van der Waals surface area (Å²) in [6.45, 7) is 11.4. The molecule has 0 bridgehead atoms. The monoisotopic (exact) mass is 665 g/mol. The van der Waals surface area contributed by atoms with E-state index in [9.17, 15) is 22.8 Å². The Bertz CT molecular complexity index is 1760. The highest BCUT2D eigenvalue weighted by Gasteiger charge is 2.41. The van der Waals surface area contributed by atoms with Crippen molar-refractivity contribution in [2.24, 2.45) is 11.8 Å². The van der Waals surface area contributed by atoms with Crippen LogP contribution in [0, 0.1) is 11.8 Å². The molecular weight excluding hydrogens is 623 g/mol. The normalized spacial score (nSPS) is 12.1. The summed E-state index contributed by atoms with van der Waals surface area (Å²) in [4.78, 5) is 28.8. The molecule has 1 aromatic heterocycles. The van der Waals surface area contributed by atoms with E-state index in [2.05, 4.69) is 0 Å². The van der Waals surface area contributed by atoms with Gasteiger partial charge in [0, 0.05) is 25.7 Å². The maximum Gasteiger partial charge on any atom is 0.453 e. The van der Waals surface area contributed by atoms with E-state index in [1.165, 1.54) is 30.3 Å². The second kappa shape index (κ2) is 16.0. The van der Waals surface area contributed by atoms with E-state index in [1.54, 1.807) is 49.6 Å². The molecule has 0 saturated carbocycles. The Morgan fingerprint density at radius 1 is 0.917 bits per heavy atom. The number of ether oxygens (including phenoxy) is 3. The van der Waals surface area contributed by atoms with Gasteiger partial charge in [0.15, 0.2) is 0 Å². The molecule has 0 aliphatic heterocycles. The number of alkyl halides is 3. The van der Waals surface area contributed by atoms with E-state index in [0.29, 0.717) is 24.4 Å². The fourth-order valence-corrected chi connectivity index (χ4v) is 5.42. The van der Waals surface area contributed by atoms with Crippen LogP contribution in [0.15, 0.2) is 76.0 Å². The second-order valence-electron chi connectivity index (χ2n) is 12.5. The lowest BCUT2D eigenvalue weighted by Gasteiger charge is -2.27. The van der Waals surface area contributed by atoms with Gasteiger partial charge in [0.25, 0.3) is 5.76 Å². The first-order chi connectivity index (χ1) is 22.8. The van der Waals surface area contributed by atoms with Crippen molar-refractivity contribution < 1.29 is 36.6 Å². The summed E-state index contributed by atoms with van der Waals surface area (Å²) < 4.78 is 65.7. The van der Waals surface area contributed by atoms with Gasteiger partial charge in [0.1, 0.15) is 22.8 Å². The molecule has 0 N–H and O–H groups in total. The minimum atomic E-state index is -5.06. The Morgan fingerprint density at radius 2 is 1.54 bits per heavy atom. The predicted molar refractivity (Wildman–Crippen MR) is 181 cm³/mol. The van der Waals surface area contributed by atoms with E-state index < -0.39 is 29.1 Å². The Kier molecular flexibility index (Phi) is 12.1. The van der Waals surface area contributed by atoms with Crippen molar-refractivity contribution >= 4 is 23.0 Å². The van der Waals surface area contributed by atoms with Gasteiger partial charge in [-0.1, -0.05) is 65.3 Å². The van der Waals surface area contributed by atoms with Crippen molar-refractivity contribution in [2.75, 3.05) is 20.2 Å². The average Bonchev–Trinajstić information content (AvgIpc) is 3.02. The summed E-state index contributed by atoms with van der Waals surface area (Å²) in [5, 5.41) is -0.127. The molecule has 256 valence electrons. The van der Waals surface area contributed by atoms with Crippen LogP contribution in [0.2, 0.25) is 0 Å². The van der Waals surface area contributed by atoms with Gasteiger partial charge in [-0.05, 0) is 71.9 Å². The number of esters is 1. The first-order valence-corrected chi connectivity index (χ1v) is 16.0. The van der Waals surface area contributed by atoms with Crippen molar-refractivity contribution in [3.63, 3.8) is 0 Å². The number of carbonyl (C=O) groups is 1. The number of hydrogen-bond acceptors (Lipinski definition) is 7. The number of methoxy groups -OCH3 is 1. The molecular formula is C38H42F3NO6. The molecule has 10 heteroatoms. The van der Waals surface area contributed by atoms with Crippen LogP contribution in [0.4, 0.5) is 13.2 Å². The molecule has 0 atom stereocenters. The lowest BCUT2D eigenvalue weighted by atomic mass is 10.1. The third kappa shape index (κ3) is 9.50. The van der Waals surface area contributed by atoms with Gasteiger partial charge in [-0.3, -0.25) is 9.69 Å². The fourth-order valence-electron chi connectivity index (χ4n) is 5.42. The summed E-state index contributed by atoms with van der Waals surface area (Å²) in [6.07, 6.45) is -0.602. The van der Waals surface area contributed by atoms with Crippen molar-refractivity contribution in [1.82, 2.24) is 4.90 Å². The van der Waals surface area contributed by atoms with Crippen LogP contribution >= 0.6 is 0 Å². The maximum absolute atomic E-state index is 14.6. The van der Waals surface area contributed by atoms with E-state index in [1.807, 2.05) is 39.5 Å². The van der Waals surface area contributed by atoms with Gasteiger partial charge in [-0.2, -0.15) is 13.2 Å². The molecule has 4 rings (SSSR count). The van der Waals surface area contributed by atoms with Crippen molar-refractivity contribution in [3.05, 3.63) is 99.4 Å². The fraction of sp³-hybridized carbons (Fsp3) is 0.368. The van der Waals surface area contributed by atoms with Gasteiger partial charge < -0.3 is 18.6 Å². The Balaban J connectivity index is 1.83. The summed E-state index contributed by atoms with van der Waals surface area (Å²) in [5.41, 5.74) is 0.543. The lowest BCUT2D eigenvalue weighted by molar-refractivity contribution is -0.154. The molecule has 7 nitrogen and oxygen atoms in total. The Labute approximate surface area is 278 Å². The molecule has 0 saturated heterocycles. The maximum atomic E-state index is 14.6. The van der Waals surface area contributed by atoms with Crippen molar-refractivity contribution in [2.45, 2.75) is 60.2 Å². The number of fused-ring (bicyclic) bond motifs is 1. The SMILES string of the molecule is CCCc1ccc(Oc2c(C(F)(F)F)oc3c(CN(CC(C)C)CC(C)C)c(OC(=O)/C=C/c4ccc(OC)cc4)ccc3c2=O)cc1. The minimum Gasteiger partial charge on any atom is -0.497 e. The second-order valence-corrected chi connectivity index (χ2v) is 12.5. The van der Waals surface area contributed by atoms with Crippen LogP contribution < -0.4 is 19.6 Å². The van der Waals surface area contributed by atoms with Crippen LogP contribution in [0.5, 0.6) is 23.0 Å². The molecule has 0 amide bonds. The standard InChI is InChI=1S/C38H42F3NO6/c1-7-8-26-11-16-29(17-12-26)46-36-34(44)30-18-19-32(47-33(43)20-13-27-9-14-28(45-6)15-10-27)31(35(30)48-37(36)38(39,40)41)23-42(21-24(2)3)22-25(4)5/h9-20,24-25H,7-8,21-23H2,1-6H3/b20-13+. The summed E-state index contributed by atoms with van der Waals surface area (Å²) in [6, 6.07) is 16.2. The number of carbonyl (C=O) groups excluding carboxylic acids is 1. The topological polar surface area (TPSA) is 78.2 Å². The van der Waals surface area contributed by atoms with Crippen LogP contribution in [-0.2, 0) is 23.9 Å². The predicted octanol–water partition coefficient (Wildman–Crippen LogP) is 9.30.